The predicted octanol–water partition coefficient (Wildman–Crippen LogP) is 4.16. The van der Waals surface area contributed by atoms with Crippen molar-refractivity contribution in [2.45, 2.75) is 58.3 Å². The Morgan fingerprint density at radius 3 is 2.05 bits per heavy atom. The van der Waals surface area contributed by atoms with Gasteiger partial charge in [-0.3, -0.25) is 4.55 Å². The lowest BCUT2D eigenvalue weighted by Crippen LogP contribution is -2.06. The Morgan fingerprint density at radius 1 is 0.950 bits per heavy atom. The molecule has 1 aromatic carbocycles. The van der Waals surface area contributed by atoms with Gasteiger partial charge in [0.2, 0.25) is 0 Å². The van der Waals surface area contributed by atoms with Gasteiger partial charge in [-0.05, 0) is 30.5 Å². The van der Waals surface area contributed by atoms with Gasteiger partial charge in [-0.15, -0.1) is 0 Å². The Hall–Kier alpha value is -1.07. The third kappa shape index (κ3) is 8.17. The summed E-state index contributed by atoms with van der Waals surface area (Å²) in [4.78, 5) is 0. The lowest BCUT2D eigenvalue weighted by atomic mass is 10.0. The third-order valence-electron chi connectivity index (χ3n) is 3.19. The zero-order chi connectivity index (χ0) is 14.8. The summed E-state index contributed by atoms with van der Waals surface area (Å²) in [5.41, 5.74) is 1.15. The molecular formula is C15H24O4S. The minimum Gasteiger partial charge on any atom is -0.362 e. The SMILES string of the molecule is CCCCCCCCCc1ccc(OS(=O)(=O)O)cc1. The summed E-state index contributed by atoms with van der Waals surface area (Å²) in [7, 11) is -4.42. The van der Waals surface area contributed by atoms with E-state index >= 15 is 0 Å². The molecular weight excluding hydrogens is 276 g/mol. The molecule has 20 heavy (non-hydrogen) atoms. The van der Waals surface area contributed by atoms with Gasteiger partial charge in [-0.25, -0.2) is 0 Å². The molecule has 114 valence electrons. The Balaban J connectivity index is 2.21. The van der Waals surface area contributed by atoms with Gasteiger partial charge in [0.15, 0.2) is 0 Å². The number of rotatable bonds is 10. The van der Waals surface area contributed by atoms with Crippen molar-refractivity contribution < 1.29 is 17.2 Å². The second-order valence-electron chi connectivity index (χ2n) is 5.03. The topological polar surface area (TPSA) is 63.6 Å². The maximum Gasteiger partial charge on any atom is 0.446 e. The fourth-order valence-electron chi connectivity index (χ4n) is 2.12. The summed E-state index contributed by atoms with van der Waals surface area (Å²) < 4.78 is 34.0. The summed E-state index contributed by atoms with van der Waals surface area (Å²) in [6.45, 7) is 2.22. The van der Waals surface area contributed by atoms with Crippen molar-refractivity contribution in [2.75, 3.05) is 0 Å². The molecule has 0 saturated heterocycles. The number of benzene rings is 1. The molecule has 0 unspecified atom stereocenters. The monoisotopic (exact) mass is 300 g/mol. The molecule has 0 bridgehead atoms. The normalized spacial score (nSPS) is 11.5. The van der Waals surface area contributed by atoms with Crippen LogP contribution in [0.3, 0.4) is 0 Å². The summed E-state index contributed by atoms with van der Waals surface area (Å²) in [5, 5.41) is 0. The van der Waals surface area contributed by atoms with E-state index in [0.717, 1.165) is 18.4 Å². The van der Waals surface area contributed by atoms with Crippen LogP contribution in [0.25, 0.3) is 0 Å². The molecule has 0 fully saturated rings. The Labute approximate surface area is 122 Å². The average Bonchev–Trinajstić information content (AvgIpc) is 2.38. The van der Waals surface area contributed by atoms with Crippen molar-refractivity contribution >= 4 is 10.4 Å². The van der Waals surface area contributed by atoms with Crippen molar-refractivity contribution in [2.24, 2.45) is 0 Å². The van der Waals surface area contributed by atoms with Crippen LogP contribution >= 0.6 is 0 Å². The zero-order valence-corrected chi connectivity index (χ0v) is 12.9. The summed E-state index contributed by atoms with van der Waals surface area (Å²) in [6.07, 6.45) is 9.89. The molecule has 4 nitrogen and oxygen atoms in total. The van der Waals surface area contributed by atoms with Crippen LogP contribution in [0.5, 0.6) is 5.75 Å². The van der Waals surface area contributed by atoms with E-state index in [2.05, 4.69) is 11.1 Å². The molecule has 0 aliphatic heterocycles. The van der Waals surface area contributed by atoms with E-state index in [9.17, 15) is 8.42 Å². The number of unbranched alkanes of at least 4 members (excludes halogenated alkanes) is 6. The van der Waals surface area contributed by atoms with Crippen LogP contribution in [0.15, 0.2) is 24.3 Å². The summed E-state index contributed by atoms with van der Waals surface area (Å²) in [6, 6.07) is 6.78. The molecule has 5 heteroatoms. The minimum absolute atomic E-state index is 0.135. The van der Waals surface area contributed by atoms with Crippen molar-refractivity contribution in [1.82, 2.24) is 0 Å². The van der Waals surface area contributed by atoms with Crippen LogP contribution in [0.4, 0.5) is 0 Å². The molecule has 0 radical (unpaired) electrons. The molecule has 0 amide bonds. The van der Waals surface area contributed by atoms with Crippen LogP contribution in [0, 0.1) is 0 Å². The second kappa shape index (κ2) is 8.97. The van der Waals surface area contributed by atoms with E-state index in [0.29, 0.717) is 0 Å². The zero-order valence-electron chi connectivity index (χ0n) is 12.0. The number of hydrogen-bond acceptors (Lipinski definition) is 3. The van der Waals surface area contributed by atoms with Crippen molar-refractivity contribution in [3.63, 3.8) is 0 Å². The maximum absolute atomic E-state index is 10.5. The summed E-state index contributed by atoms with van der Waals surface area (Å²) in [5.74, 6) is 0.135. The number of hydrogen-bond donors (Lipinski definition) is 1. The van der Waals surface area contributed by atoms with Crippen LogP contribution in [0.1, 0.15) is 57.4 Å². The Morgan fingerprint density at radius 2 is 1.50 bits per heavy atom. The lowest BCUT2D eigenvalue weighted by molar-refractivity contribution is 0.387. The van der Waals surface area contributed by atoms with Crippen LogP contribution in [-0.4, -0.2) is 13.0 Å². The van der Waals surface area contributed by atoms with Gasteiger partial charge in [-0.1, -0.05) is 57.6 Å². The fourth-order valence-corrected chi connectivity index (χ4v) is 2.47. The van der Waals surface area contributed by atoms with Crippen molar-refractivity contribution in [3.8, 4) is 5.75 Å². The van der Waals surface area contributed by atoms with E-state index in [-0.39, 0.29) is 5.75 Å². The van der Waals surface area contributed by atoms with Gasteiger partial charge < -0.3 is 4.18 Å². The smallest absolute Gasteiger partial charge is 0.362 e. The minimum atomic E-state index is -4.42. The first-order valence-electron chi connectivity index (χ1n) is 7.27. The lowest BCUT2D eigenvalue weighted by Gasteiger charge is -2.04. The molecule has 1 rings (SSSR count). The van der Waals surface area contributed by atoms with Crippen molar-refractivity contribution in [3.05, 3.63) is 29.8 Å². The third-order valence-corrected chi connectivity index (χ3v) is 3.60. The molecule has 1 N–H and O–H groups in total. The molecule has 0 spiro atoms. The van der Waals surface area contributed by atoms with E-state index in [1.165, 1.54) is 38.5 Å². The highest BCUT2D eigenvalue weighted by atomic mass is 32.3. The largest absolute Gasteiger partial charge is 0.446 e. The number of aryl methyl sites for hydroxylation is 1. The predicted molar refractivity (Wildman–Crippen MR) is 80.3 cm³/mol. The molecule has 0 atom stereocenters. The molecule has 0 aliphatic carbocycles. The summed E-state index contributed by atoms with van der Waals surface area (Å²) >= 11 is 0. The van der Waals surface area contributed by atoms with E-state index in [1.54, 1.807) is 12.1 Å². The van der Waals surface area contributed by atoms with E-state index in [4.69, 9.17) is 4.55 Å². The van der Waals surface area contributed by atoms with Gasteiger partial charge in [-0.2, -0.15) is 8.42 Å². The highest BCUT2D eigenvalue weighted by Crippen LogP contribution is 2.16. The molecule has 0 aromatic heterocycles. The second-order valence-corrected chi connectivity index (χ2v) is 6.05. The van der Waals surface area contributed by atoms with Gasteiger partial charge in [0.05, 0.1) is 0 Å². The van der Waals surface area contributed by atoms with Gasteiger partial charge in [0.1, 0.15) is 5.75 Å². The van der Waals surface area contributed by atoms with Gasteiger partial charge >= 0.3 is 10.4 Å². The maximum atomic E-state index is 10.5. The Kier molecular flexibility index (Phi) is 7.62. The van der Waals surface area contributed by atoms with E-state index in [1.807, 2.05) is 12.1 Å². The molecule has 0 aliphatic rings. The molecule has 1 aromatic rings. The molecule has 0 saturated carbocycles. The first-order chi connectivity index (χ1) is 9.51. The average molecular weight is 300 g/mol. The highest BCUT2D eigenvalue weighted by molar-refractivity contribution is 7.81. The Bertz CT molecular complexity index is 465. The fraction of sp³-hybridized carbons (Fsp3) is 0.600. The standard InChI is InChI=1S/C15H24O4S/c1-2-3-4-5-6-7-8-9-14-10-12-15(13-11-14)19-20(16,17)18/h10-13H,2-9H2,1H3,(H,16,17,18). The first kappa shape index (κ1) is 17.0. The van der Waals surface area contributed by atoms with Crippen LogP contribution in [0.2, 0.25) is 0 Å². The molecule has 0 heterocycles. The van der Waals surface area contributed by atoms with E-state index < -0.39 is 10.4 Å². The van der Waals surface area contributed by atoms with Crippen molar-refractivity contribution in [1.29, 1.82) is 0 Å². The quantitative estimate of drug-likeness (QED) is 0.520. The van der Waals surface area contributed by atoms with Gasteiger partial charge in [0, 0.05) is 0 Å². The van der Waals surface area contributed by atoms with Crippen LogP contribution in [-0.2, 0) is 16.8 Å². The van der Waals surface area contributed by atoms with Gasteiger partial charge in [0.25, 0.3) is 0 Å². The van der Waals surface area contributed by atoms with Crippen LogP contribution < -0.4 is 4.18 Å². The first-order valence-corrected chi connectivity index (χ1v) is 8.63. The highest BCUT2D eigenvalue weighted by Gasteiger charge is 2.06.